The number of rotatable bonds is 4. The van der Waals surface area contributed by atoms with Crippen LogP contribution in [-0.2, 0) is 0 Å². The lowest BCUT2D eigenvalue weighted by atomic mass is 9.92. The molecule has 1 aliphatic carbocycles. The van der Waals surface area contributed by atoms with Crippen molar-refractivity contribution in [3.63, 3.8) is 0 Å². The van der Waals surface area contributed by atoms with E-state index < -0.39 is 0 Å². The second-order valence-electron chi connectivity index (χ2n) is 5.31. The average molecular weight is 221 g/mol. The quantitative estimate of drug-likeness (QED) is 0.786. The number of likely N-dealkylation sites (tertiary alicyclic amines) is 1. The Morgan fingerprint density at radius 1 is 1.38 bits per heavy atom. The first-order valence-corrected chi connectivity index (χ1v) is 6.66. The van der Waals surface area contributed by atoms with Gasteiger partial charge in [-0.3, -0.25) is 5.32 Å². The van der Waals surface area contributed by atoms with Gasteiger partial charge in [-0.2, -0.15) is 5.26 Å². The van der Waals surface area contributed by atoms with Gasteiger partial charge in [0.2, 0.25) is 0 Å². The molecule has 2 aliphatic rings. The Morgan fingerprint density at radius 2 is 2.19 bits per heavy atom. The highest BCUT2D eigenvalue weighted by Gasteiger charge is 2.34. The van der Waals surface area contributed by atoms with Gasteiger partial charge in [0.15, 0.2) is 0 Å². The van der Waals surface area contributed by atoms with Gasteiger partial charge in [0.05, 0.1) is 6.07 Å². The normalized spacial score (nSPS) is 32.0. The zero-order valence-corrected chi connectivity index (χ0v) is 10.3. The molecule has 0 aromatic carbocycles. The van der Waals surface area contributed by atoms with Crippen molar-refractivity contribution in [1.82, 2.24) is 10.2 Å². The van der Waals surface area contributed by atoms with Crippen LogP contribution in [0.4, 0.5) is 0 Å². The van der Waals surface area contributed by atoms with Gasteiger partial charge in [-0.25, -0.2) is 0 Å². The smallest absolute Gasteiger partial charge is 0.108 e. The van der Waals surface area contributed by atoms with E-state index in [1.165, 1.54) is 12.8 Å². The van der Waals surface area contributed by atoms with Gasteiger partial charge in [-0.15, -0.1) is 0 Å². The Labute approximate surface area is 98.8 Å². The molecular weight excluding hydrogens is 198 g/mol. The van der Waals surface area contributed by atoms with Gasteiger partial charge in [-0.05, 0) is 57.7 Å². The van der Waals surface area contributed by atoms with Crippen LogP contribution in [0.1, 0.15) is 39.0 Å². The van der Waals surface area contributed by atoms with E-state index in [4.69, 9.17) is 0 Å². The van der Waals surface area contributed by atoms with Crippen LogP contribution in [-0.4, -0.2) is 36.6 Å². The van der Waals surface area contributed by atoms with Crippen LogP contribution >= 0.6 is 0 Å². The molecule has 16 heavy (non-hydrogen) atoms. The molecule has 0 amide bonds. The lowest BCUT2D eigenvalue weighted by Gasteiger charge is -2.26. The minimum absolute atomic E-state index is 0.230. The predicted octanol–water partition coefficient (Wildman–Crippen LogP) is 1.75. The topological polar surface area (TPSA) is 39.1 Å². The largest absolute Gasteiger partial charge is 0.304 e. The van der Waals surface area contributed by atoms with Crippen molar-refractivity contribution < 1.29 is 0 Å². The molecule has 2 rings (SSSR count). The van der Waals surface area contributed by atoms with Crippen molar-refractivity contribution >= 4 is 0 Å². The first-order chi connectivity index (χ1) is 7.78. The Balaban J connectivity index is 1.88. The molecule has 1 heterocycles. The zero-order valence-electron chi connectivity index (χ0n) is 10.3. The van der Waals surface area contributed by atoms with Gasteiger partial charge in [0.25, 0.3) is 0 Å². The lowest BCUT2D eigenvalue weighted by molar-refractivity contribution is 0.288. The van der Waals surface area contributed by atoms with Crippen molar-refractivity contribution in [3.8, 4) is 6.07 Å². The SMILES string of the molecule is CCN1CCCC(C#N)(NCC2CC2)CC1. The Morgan fingerprint density at radius 3 is 2.81 bits per heavy atom. The average Bonchev–Trinajstić information content (AvgIpc) is 3.14. The van der Waals surface area contributed by atoms with E-state index in [-0.39, 0.29) is 5.54 Å². The first kappa shape index (κ1) is 11.9. The fraction of sp³-hybridized carbons (Fsp3) is 0.923. The van der Waals surface area contributed by atoms with E-state index >= 15 is 0 Å². The molecule has 90 valence electrons. The summed E-state index contributed by atoms with van der Waals surface area (Å²) < 4.78 is 0. The highest BCUT2D eigenvalue weighted by Crippen LogP contribution is 2.30. The van der Waals surface area contributed by atoms with Crippen LogP contribution in [0, 0.1) is 17.2 Å². The maximum absolute atomic E-state index is 9.43. The van der Waals surface area contributed by atoms with Gasteiger partial charge in [0.1, 0.15) is 5.54 Å². The standard InChI is InChI=1S/C13H23N3/c1-2-16-8-3-6-13(11-14,7-9-16)15-10-12-4-5-12/h12,15H,2-10H2,1H3. The van der Waals surface area contributed by atoms with Gasteiger partial charge >= 0.3 is 0 Å². The van der Waals surface area contributed by atoms with E-state index in [1.807, 2.05) is 0 Å². The maximum atomic E-state index is 9.43. The van der Waals surface area contributed by atoms with Crippen molar-refractivity contribution in [2.24, 2.45) is 5.92 Å². The molecule has 0 radical (unpaired) electrons. The Hall–Kier alpha value is -0.590. The second kappa shape index (κ2) is 5.16. The molecule has 1 atom stereocenters. The van der Waals surface area contributed by atoms with E-state index in [0.717, 1.165) is 51.4 Å². The zero-order chi connectivity index (χ0) is 11.4. The van der Waals surface area contributed by atoms with E-state index in [2.05, 4.69) is 23.2 Å². The summed E-state index contributed by atoms with van der Waals surface area (Å²) in [4.78, 5) is 2.46. The third kappa shape index (κ3) is 2.96. The van der Waals surface area contributed by atoms with Crippen LogP contribution in [0.5, 0.6) is 0 Å². The van der Waals surface area contributed by atoms with Crippen molar-refractivity contribution in [3.05, 3.63) is 0 Å². The summed E-state index contributed by atoms with van der Waals surface area (Å²) in [6, 6.07) is 2.55. The Bertz CT molecular complexity index is 267. The Kier molecular flexibility index (Phi) is 3.83. The van der Waals surface area contributed by atoms with E-state index in [9.17, 15) is 5.26 Å². The molecule has 3 heteroatoms. The predicted molar refractivity (Wildman–Crippen MR) is 65.0 cm³/mol. The molecule has 1 saturated carbocycles. The highest BCUT2D eigenvalue weighted by molar-refractivity contribution is 5.08. The monoisotopic (exact) mass is 221 g/mol. The molecule has 3 nitrogen and oxygen atoms in total. The van der Waals surface area contributed by atoms with Crippen LogP contribution < -0.4 is 5.32 Å². The van der Waals surface area contributed by atoms with Gasteiger partial charge in [0, 0.05) is 6.54 Å². The number of hydrogen-bond donors (Lipinski definition) is 1. The number of nitriles is 1. The number of hydrogen-bond acceptors (Lipinski definition) is 3. The van der Waals surface area contributed by atoms with Crippen molar-refractivity contribution in [1.29, 1.82) is 5.26 Å². The minimum atomic E-state index is -0.230. The summed E-state index contributed by atoms with van der Waals surface area (Å²) in [5, 5.41) is 13.0. The summed E-state index contributed by atoms with van der Waals surface area (Å²) in [5.74, 6) is 0.857. The molecule has 0 aromatic rings. The number of nitrogens with one attached hydrogen (secondary N) is 1. The maximum Gasteiger partial charge on any atom is 0.108 e. The fourth-order valence-corrected chi connectivity index (χ4v) is 2.50. The molecule has 0 bridgehead atoms. The summed E-state index contributed by atoms with van der Waals surface area (Å²) in [5.41, 5.74) is -0.230. The van der Waals surface area contributed by atoms with Crippen molar-refractivity contribution in [2.45, 2.75) is 44.6 Å². The molecule has 0 aromatic heterocycles. The second-order valence-corrected chi connectivity index (χ2v) is 5.31. The van der Waals surface area contributed by atoms with Crippen LogP contribution in [0.3, 0.4) is 0 Å². The molecule has 1 saturated heterocycles. The number of nitrogens with zero attached hydrogens (tertiary/aromatic N) is 2. The summed E-state index contributed by atoms with van der Waals surface area (Å²) in [6.07, 6.45) is 5.88. The van der Waals surface area contributed by atoms with Gasteiger partial charge in [-0.1, -0.05) is 6.92 Å². The minimum Gasteiger partial charge on any atom is -0.304 e. The van der Waals surface area contributed by atoms with Crippen LogP contribution in [0.25, 0.3) is 0 Å². The molecule has 2 fully saturated rings. The van der Waals surface area contributed by atoms with Gasteiger partial charge < -0.3 is 4.90 Å². The molecule has 1 N–H and O–H groups in total. The molecule has 1 aliphatic heterocycles. The molecule has 1 unspecified atom stereocenters. The third-order valence-electron chi connectivity index (χ3n) is 4.02. The lowest BCUT2D eigenvalue weighted by Crippen LogP contribution is -2.45. The molecular formula is C13H23N3. The highest BCUT2D eigenvalue weighted by atomic mass is 15.1. The first-order valence-electron chi connectivity index (χ1n) is 6.66. The summed E-state index contributed by atoms with van der Waals surface area (Å²) in [6.45, 7) is 6.60. The fourth-order valence-electron chi connectivity index (χ4n) is 2.50. The van der Waals surface area contributed by atoms with E-state index in [1.54, 1.807) is 0 Å². The van der Waals surface area contributed by atoms with Crippen molar-refractivity contribution in [2.75, 3.05) is 26.2 Å². The van der Waals surface area contributed by atoms with Crippen LogP contribution in [0.2, 0.25) is 0 Å². The van der Waals surface area contributed by atoms with Crippen LogP contribution in [0.15, 0.2) is 0 Å². The summed E-state index contributed by atoms with van der Waals surface area (Å²) >= 11 is 0. The molecule has 0 spiro atoms. The third-order valence-corrected chi connectivity index (χ3v) is 4.02. The summed E-state index contributed by atoms with van der Waals surface area (Å²) in [7, 11) is 0. The van der Waals surface area contributed by atoms with E-state index in [0.29, 0.717) is 0 Å².